The van der Waals surface area contributed by atoms with Crippen molar-refractivity contribution in [2.45, 2.75) is 32.7 Å². The Morgan fingerprint density at radius 3 is 2.13 bits per heavy atom. The molecule has 0 radical (unpaired) electrons. The first kappa shape index (κ1) is 15.3. The molecule has 2 amide bonds. The number of aryl methyl sites for hydroxylation is 1. The maximum absolute atomic E-state index is 12.2. The molecule has 1 aliphatic carbocycles. The number of rotatable bonds is 4. The van der Waals surface area contributed by atoms with Crippen molar-refractivity contribution in [3.63, 3.8) is 0 Å². The van der Waals surface area contributed by atoms with Gasteiger partial charge in [-0.15, -0.1) is 0 Å². The second-order valence-electron chi connectivity index (χ2n) is 5.99. The van der Waals surface area contributed by atoms with Crippen molar-refractivity contribution >= 4 is 23.2 Å². The number of hydrogen-bond acceptors (Lipinski definition) is 2. The Labute approximate surface area is 136 Å². The minimum absolute atomic E-state index is 0.0592. The lowest BCUT2D eigenvalue weighted by Gasteiger charge is -2.21. The second-order valence-corrected chi connectivity index (χ2v) is 5.99. The lowest BCUT2D eigenvalue weighted by Crippen LogP contribution is -2.30. The number of nitrogens with zero attached hydrogens (tertiary/aromatic N) is 1. The Morgan fingerprint density at radius 2 is 1.61 bits per heavy atom. The van der Waals surface area contributed by atoms with Crippen LogP contribution in [0.3, 0.4) is 0 Å². The van der Waals surface area contributed by atoms with Crippen LogP contribution in [-0.2, 0) is 4.79 Å². The highest BCUT2D eigenvalue weighted by molar-refractivity contribution is 6.04. The van der Waals surface area contributed by atoms with Gasteiger partial charge in [0.15, 0.2) is 0 Å². The molecule has 0 saturated heterocycles. The van der Waals surface area contributed by atoms with Gasteiger partial charge in [0.25, 0.3) is 5.91 Å². The van der Waals surface area contributed by atoms with E-state index >= 15 is 0 Å². The van der Waals surface area contributed by atoms with Gasteiger partial charge in [-0.25, -0.2) is 0 Å². The average molecular weight is 308 g/mol. The predicted molar refractivity (Wildman–Crippen MR) is 91.8 cm³/mol. The normalized spacial score (nSPS) is 13.5. The molecule has 23 heavy (non-hydrogen) atoms. The molecule has 1 aliphatic rings. The summed E-state index contributed by atoms with van der Waals surface area (Å²) < 4.78 is 0. The van der Waals surface area contributed by atoms with Crippen LogP contribution in [0.4, 0.5) is 11.4 Å². The first-order valence-corrected chi connectivity index (χ1v) is 7.82. The Kier molecular flexibility index (Phi) is 4.15. The van der Waals surface area contributed by atoms with E-state index in [1.54, 1.807) is 6.92 Å². The third-order valence-corrected chi connectivity index (χ3v) is 3.97. The van der Waals surface area contributed by atoms with Crippen molar-refractivity contribution in [2.24, 2.45) is 0 Å². The molecule has 0 spiro atoms. The van der Waals surface area contributed by atoms with Crippen LogP contribution in [0.15, 0.2) is 48.5 Å². The predicted octanol–water partition coefficient (Wildman–Crippen LogP) is 3.76. The Bertz CT molecular complexity index is 716. The van der Waals surface area contributed by atoms with Gasteiger partial charge in [0, 0.05) is 29.9 Å². The van der Waals surface area contributed by atoms with Crippen LogP contribution < -0.4 is 10.2 Å². The zero-order chi connectivity index (χ0) is 16.4. The van der Waals surface area contributed by atoms with Gasteiger partial charge in [0.2, 0.25) is 5.91 Å². The fourth-order valence-electron chi connectivity index (χ4n) is 2.60. The van der Waals surface area contributed by atoms with Crippen LogP contribution >= 0.6 is 0 Å². The quantitative estimate of drug-likeness (QED) is 0.935. The van der Waals surface area contributed by atoms with Gasteiger partial charge < -0.3 is 10.2 Å². The Balaban J connectivity index is 1.71. The van der Waals surface area contributed by atoms with Crippen LogP contribution in [0.2, 0.25) is 0 Å². The van der Waals surface area contributed by atoms with E-state index in [0.717, 1.165) is 29.8 Å². The van der Waals surface area contributed by atoms with Crippen molar-refractivity contribution in [3.05, 3.63) is 59.7 Å². The molecular weight excluding hydrogens is 288 g/mol. The highest BCUT2D eigenvalue weighted by atomic mass is 16.2. The number of amides is 2. The lowest BCUT2D eigenvalue weighted by molar-refractivity contribution is -0.116. The van der Waals surface area contributed by atoms with Gasteiger partial charge in [0.05, 0.1) is 0 Å². The SMILES string of the molecule is CC(=O)N(c1ccc(NC(=O)c2ccc(C)cc2)cc1)C1CC1. The van der Waals surface area contributed by atoms with E-state index in [1.807, 2.05) is 60.4 Å². The number of carbonyl (C=O) groups is 2. The van der Waals surface area contributed by atoms with Crippen LogP contribution in [0.5, 0.6) is 0 Å². The summed E-state index contributed by atoms with van der Waals surface area (Å²) in [6, 6.07) is 15.2. The second kappa shape index (κ2) is 6.24. The molecule has 3 rings (SSSR count). The zero-order valence-corrected chi connectivity index (χ0v) is 13.4. The molecule has 0 atom stereocenters. The summed E-state index contributed by atoms with van der Waals surface area (Å²) in [6.07, 6.45) is 2.12. The van der Waals surface area contributed by atoms with Gasteiger partial charge in [-0.1, -0.05) is 17.7 Å². The molecule has 4 heteroatoms. The average Bonchev–Trinajstić information content (AvgIpc) is 3.34. The number of carbonyl (C=O) groups excluding carboxylic acids is 2. The first-order chi connectivity index (χ1) is 11.0. The summed E-state index contributed by atoms with van der Waals surface area (Å²) in [4.78, 5) is 25.8. The topological polar surface area (TPSA) is 49.4 Å². The van der Waals surface area contributed by atoms with E-state index in [4.69, 9.17) is 0 Å². The summed E-state index contributed by atoms with van der Waals surface area (Å²) in [5, 5.41) is 2.88. The molecule has 4 nitrogen and oxygen atoms in total. The molecule has 1 N–H and O–H groups in total. The van der Waals surface area contributed by atoms with Crippen molar-refractivity contribution in [1.82, 2.24) is 0 Å². The lowest BCUT2D eigenvalue weighted by atomic mass is 10.1. The van der Waals surface area contributed by atoms with E-state index in [2.05, 4.69) is 5.32 Å². The maximum atomic E-state index is 12.2. The molecule has 0 bridgehead atoms. The molecule has 1 saturated carbocycles. The van der Waals surface area contributed by atoms with E-state index in [0.29, 0.717) is 11.6 Å². The van der Waals surface area contributed by atoms with E-state index in [1.165, 1.54) is 0 Å². The van der Waals surface area contributed by atoms with Crippen LogP contribution in [0, 0.1) is 6.92 Å². The Morgan fingerprint density at radius 1 is 1.00 bits per heavy atom. The minimum atomic E-state index is -0.136. The fraction of sp³-hybridized carbons (Fsp3) is 0.263. The molecule has 2 aromatic carbocycles. The highest BCUT2D eigenvalue weighted by Crippen LogP contribution is 2.32. The number of anilines is 2. The third kappa shape index (κ3) is 3.59. The maximum Gasteiger partial charge on any atom is 0.255 e. The van der Waals surface area contributed by atoms with Crippen LogP contribution in [-0.4, -0.2) is 17.9 Å². The van der Waals surface area contributed by atoms with Crippen LogP contribution in [0.1, 0.15) is 35.7 Å². The van der Waals surface area contributed by atoms with Gasteiger partial charge in [-0.2, -0.15) is 0 Å². The minimum Gasteiger partial charge on any atom is -0.322 e. The summed E-state index contributed by atoms with van der Waals surface area (Å²) in [6.45, 7) is 3.58. The summed E-state index contributed by atoms with van der Waals surface area (Å²) >= 11 is 0. The summed E-state index contributed by atoms with van der Waals surface area (Å²) in [5.41, 5.74) is 3.35. The van der Waals surface area contributed by atoms with Crippen LogP contribution in [0.25, 0.3) is 0 Å². The smallest absolute Gasteiger partial charge is 0.255 e. The van der Waals surface area contributed by atoms with E-state index in [9.17, 15) is 9.59 Å². The first-order valence-electron chi connectivity index (χ1n) is 7.82. The molecule has 2 aromatic rings. The largest absolute Gasteiger partial charge is 0.322 e. The third-order valence-electron chi connectivity index (χ3n) is 3.97. The van der Waals surface area contributed by atoms with Gasteiger partial charge in [-0.3, -0.25) is 9.59 Å². The molecule has 0 aromatic heterocycles. The highest BCUT2D eigenvalue weighted by Gasteiger charge is 2.31. The summed E-state index contributed by atoms with van der Waals surface area (Å²) in [7, 11) is 0. The van der Waals surface area contributed by atoms with E-state index < -0.39 is 0 Å². The monoisotopic (exact) mass is 308 g/mol. The molecule has 0 aliphatic heterocycles. The standard InChI is InChI=1S/C19H20N2O2/c1-13-3-5-15(6-4-13)19(23)20-16-7-9-17(10-8-16)21(14(2)22)18-11-12-18/h3-10,18H,11-12H2,1-2H3,(H,20,23). The molecular formula is C19H20N2O2. The van der Waals surface area contributed by atoms with Crippen molar-refractivity contribution in [3.8, 4) is 0 Å². The number of nitrogens with one attached hydrogen (secondary N) is 1. The summed E-state index contributed by atoms with van der Waals surface area (Å²) in [5.74, 6) is -0.0766. The van der Waals surface area contributed by atoms with Crippen molar-refractivity contribution in [2.75, 3.05) is 10.2 Å². The molecule has 0 unspecified atom stereocenters. The number of benzene rings is 2. The zero-order valence-electron chi connectivity index (χ0n) is 13.4. The van der Waals surface area contributed by atoms with Crippen molar-refractivity contribution in [1.29, 1.82) is 0 Å². The molecule has 1 fully saturated rings. The molecule has 118 valence electrons. The van der Waals surface area contributed by atoms with Gasteiger partial charge in [0.1, 0.15) is 0 Å². The van der Waals surface area contributed by atoms with Gasteiger partial charge >= 0.3 is 0 Å². The van der Waals surface area contributed by atoms with E-state index in [-0.39, 0.29) is 11.8 Å². The van der Waals surface area contributed by atoms with Gasteiger partial charge in [-0.05, 0) is 56.2 Å². The molecule has 0 heterocycles. The fourth-order valence-corrected chi connectivity index (χ4v) is 2.60. The Hall–Kier alpha value is -2.62. The number of hydrogen-bond donors (Lipinski definition) is 1. The van der Waals surface area contributed by atoms with Crippen molar-refractivity contribution < 1.29 is 9.59 Å².